The van der Waals surface area contributed by atoms with Crippen molar-refractivity contribution < 1.29 is 48.9 Å². The monoisotopic (exact) mass is 662 g/mol. The maximum absolute atomic E-state index is 12.9. The maximum Gasteiger partial charge on any atom is 0.303 e. The lowest BCUT2D eigenvalue weighted by Gasteiger charge is -2.63. The number of carbonyl (C=O) groups excluding carboxylic acids is 1. The number of hydrogen-bond acceptors (Lipinski definition) is 10. The summed E-state index contributed by atoms with van der Waals surface area (Å²) in [6.07, 6.45) is 1.47. The first kappa shape index (κ1) is 33.3. The smallest absolute Gasteiger partial charge is 0.303 e. The van der Waals surface area contributed by atoms with E-state index < -0.39 is 53.6 Å². The lowest BCUT2D eigenvalue weighted by molar-refractivity contribution is -0.430. The van der Waals surface area contributed by atoms with Crippen LogP contribution >= 0.6 is 0 Å². The lowest BCUT2D eigenvalue weighted by atomic mass is 9.41. The highest BCUT2D eigenvalue weighted by atomic mass is 16.8. The largest absolute Gasteiger partial charge is 0.457 e. The second-order valence-corrected chi connectivity index (χ2v) is 18.8. The summed E-state index contributed by atoms with van der Waals surface area (Å²) in [5, 5.41) is 43.8. The number of hydrogen-bond donors (Lipinski definition) is 4. The number of carbonyl (C=O) groups is 1. The molecule has 0 aromatic carbocycles. The van der Waals surface area contributed by atoms with Crippen molar-refractivity contribution in [3.8, 4) is 0 Å². The molecule has 0 radical (unpaired) electrons. The molecule has 8 rings (SSSR count). The van der Waals surface area contributed by atoms with Crippen LogP contribution in [0.2, 0.25) is 0 Å². The minimum atomic E-state index is -1.29. The maximum atomic E-state index is 12.9. The SMILES string of the molecule is CC(=O)O[C@H]1[C@H]2C[C@@H](C)[C@H]3[C@](O2)(OC1(C)C)[C@H](O)[C@@]1(C)[C@@H]2CC[C@H]4C(C)(C)[C@@H](O[C@@H]5OC[C@H](O)[C@H](O)[C@H]5O)CC[C@@]45C[C@@]25CC[C@]31C. The van der Waals surface area contributed by atoms with Gasteiger partial charge in [-0.3, -0.25) is 4.79 Å². The molecule has 10 nitrogen and oxygen atoms in total. The van der Waals surface area contributed by atoms with Crippen LogP contribution in [-0.2, 0) is 28.5 Å². The molecule has 0 unspecified atom stereocenters. The van der Waals surface area contributed by atoms with Crippen molar-refractivity contribution in [2.45, 2.75) is 167 Å². The third kappa shape index (κ3) is 3.88. The van der Waals surface area contributed by atoms with Crippen LogP contribution in [0.3, 0.4) is 0 Å². The summed E-state index contributed by atoms with van der Waals surface area (Å²) in [6.45, 7) is 17.0. The summed E-state index contributed by atoms with van der Waals surface area (Å²) < 4.78 is 31.9. The van der Waals surface area contributed by atoms with E-state index in [0.29, 0.717) is 11.8 Å². The zero-order valence-electron chi connectivity index (χ0n) is 29.5. The third-order valence-electron chi connectivity index (χ3n) is 16.3. The second-order valence-electron chi connectivity index (χ2n) is 18.8. The van der Waals surface area contributed by atoms with Crippen molar-refractivity contribution >= 4 is 5.97 Å². The van der Waals surface area contributed by atoms with E-state index in [1.165, 1.54) is 6.92 Å². The average molecular weight is 663 g/mol. The Kier molecular flexibility index (Phi) is 7.03. The molecule has 3 heterocycles. The van der Waals surface area contributed by atoms with Gasteiger partial charge in [0.1, 0.15) is 36.1 Å². The van der Waals surface area contributed by atoms with Crippen LogP contribution in [0.4, 0.5) is 0 Å². The highest BCUT2D eigenvalue weighted by molar-refractivity contribution is 5.66. The predicted molar refractivity (Wildman–Crippen MR) is 168 cm³/mol. The summed E-state index contributed by atoms with van der Waals surface area (Å²) in [5.41, 5.74) is -1.32. The van der Waals surface area contributed by atoms with Crippen molar-refractivity contribution in [3.05, 3.63) is 0 Å². The van der Waals surface area contributed by atoms with E-state index in [4.69, 9.17) is 23.7 Å². The Morgan fingerprint density at radius 3 is 2.26 bits per heavy atom. The molecule has 17 atom stereocenters. The van der Waals surface area contributed by atoms with E-state index in [1.807, 2.05) is 13.8 Å². The van der Waals surface area contributed by atoms with Gasteiger partial charge in [0.05, 0.1) is 12.7 Å². The second kappa shape index (κ2) is 9.93. The zero-order valence-corrected chi connectivity index (χ0v) is 29.5. The third-order valence-corrected chi connectivity index (χ3v) is 16.3. The fourth-order valence-electron chi connectivity index (χ4n) is 14.4. The van der Waals surface area contributed by atoms with Gasteiger partial charge >= 0.3 is 5.97 Å². The molecule has 2 bridgehead atoms. The van der Waals surface area contributed by atoms with E-state index in [0.717, 1.165) is 51.4 Å². The van der Waals surface area contributed by atoms with Crippen molar-refractivity contribution in [1.82, 2.24) is 0 Å². The minimum absolute atomic E-state index is 0.0185. The molecule has 5 saturated carbocycles. The van der Waals surface area contributed by atoms with Crippen molar-refractivity contribution in [2.24, 2.45) is 50.7 Å². The van der Waals surface area contributed by atoms with Crippen LogP contribution in [0.1, 0.15) is 107 Å². The number of esters is 1. The molecular weight excluding hydrogens is 604 g/mol. The van der Waals surface area contributed by atoms with Gasteiger partial charge in [0.15, 0.2) is 18.2 Å². The van der Waals surface area contributed by atoms with Crippen LogP contribution < -0.4 is 0 Å². The summed E-state index contributed by atoms with van der Waals surface area (Å²) in [7, 11) is 0. The normalized spacial score (nSPS) is 59.8. The molecule has 266 valence electrons. The van der Waals surface area contributed by atoms with Crippen molar-refractivity contribution in [2.75, 3.05) is 6.61 Å². The van der Waals surface area contributed by atoms with Crippen LogP contribution in [0.25, 0.3) is 0 Å². The molecule has 47 heavy (non-hydrogen) atoms. The Balaban J connectivity index is 1.10. The van der Waals surface area contributed by atoms with Crippen LogP contribution in [0.15, 0.2) is 0 Å². The summed E-state index contributed by atoms with van der Waals surface area (Å²) in [4.78, 5) is 12.1. The fourth-order valence-corrected chi connectivity index (χ4v) is 14.4. The highest BCUT2D eigenvalue weighted by Gasteiger charge is 2.88. The van der Waals surface area contributed by atoms with Gasteiger partial charge in [0.25, 0.3) is 0 Å². The van der Waals surface area contributed by atoms with Gasteiger partial charge in [-0.05, 0) is 105 Å². The van der Waals surface area contributed by atoms with Gasteiger partial charge in [-0.2, -0.15) is 0 Å². The van der Waals surface area contributed by atoms with E-state index in [-0.39, 0.29) is 58.3 Å². The van der Waals surface area contributed by atoms with Gasteiger partial charge in [-0.1, -0.05) is 34.6 Å². The van der Waals surface area contributed by atoms with Gasteiger partial charge in [0, 0.05) is 18.3 Å². The van der Waals surface area contributed by atoms with Gasteiger partial charge < -0.3 is 44.1 Å². The van der Waals surface area contributed by atoms with E-state index in [9.17, 15) is 25.2 Å². The first-order chi connectivity index (χ1) is 21.8. The number of aliphatic hydroxyl groups is 4. The first-order valence-electron chi connectivity index (χ1n) is 18.4. The molecule has 0 aromatic heterocycles. The number of fused-ring (bicyclic) bond motifs is 4. The number of ether oxygens (including phenoxy) is 5. The Morgan fingerprint density at radius 2 is 1.55 bits per heavy atom. The quantitative estimate of drug-likeness (QED) is 0.261. The molecule has 3 aliphatic heterocycles. The highest BCUT2D eigenvalue weighted by Crippen LogP contribution is 2.90. The van der Waals surface area contributed by atoms with Gasteiger partial charge in [-0.25, -0.2) is 0 Å². The predicted octanol–water partition coefficient (Wildman–Crippen LogP) is 3.69. The Hall–Kier alpha value is -0.850. The summed E-state index contributed by atoms with van der Waals surface area (Å²) >= 11 is 0. The summed E-state index contributed by atoms with van der Waals surface area (Å²) in [6, 6.07) is 0. The van der Waals surface area contributed by atoms with Crippen molar-refractivity contribution in [3.63, 3.8) is 0 Å². The first-order valence-corrected chi connectivity index (χ1v) is 18.4. The van der Waals surface area contributed by atoms with Crippen LogP contribution in [0, 0.1) is 50.7 Å². The topological polar surface area (TPSA) is 144 Å². The standard InChI is InChI=1S/C37H58O10/c1-18-15-21-28(44-19(2)38)32(5,6)47-37(46-21)27(18)33(7)13-14-36-17-35(36)12-11-24(45-29-26(41)25(40)20(39)16-43-29)31(3,4)22(35)9-10-23(36)34(33,8)30(37)42/h18,20-30,39-42H,9-17H2,1-8H3/t18-,20+,21-,22+,23+,24+,25+,26-,27-,28+,29+,30-,33-,34-,35-,36+,37+/m1/s1. The van der Waals surface area contributed by atoms with Crippen molar-refractivity contribution in [1.29, 1.82) is 0 Å². The van der Waals surface area contributed by atoms with Gasteiger partial charge in [-0.15, -0.1) is 0 Å². The molecule has 8 aliphatic rings. The Labute approximate surface area is 279 Å². The molecule has 3 spiro atoms. The number of aliphatic hydroxyl groups excluding tert-OH is 4. The van der Waals surface area contributed by atoms with E-state index in [2.05, 4.69) is 34.6 Å². The molecule has 5 aliphatic carbocycles. The summed E-state index contributed by atoms with van der Waals surface area (Å²) in [5.74, 6) is -0.514. The lowest BCUT2D eigenvalue weighted by Crippen LogP contribution is -2.71. The van der Waals surface area contributed by atoms with Gasteiger partial charge in [0.2, 0.25) is 0 Å². The zero-order chi connectivity index (χ0) is 33.9. The van der Waals surface area contributed by atoms with E-state index >= 15 is 0 Å². The fraction of sp³-hybridized carbons (Fsp3) is 0.973. The Bertz CT molecular complexity index is 1320. The molecule has 0 aromatic rings. The molecule has 3 saturated heterocycles. The molecule has 0 amide bonds. The van der Waals surface area contributed by atoms with E-state index in [1.54, 1.807) is 0 Å². The molecular formula is C37H58O10. The molecule has 4 N–H and O–H groups in total. The number of rotatable bonds is 3. The van der Waals surface area contributed by atoms with Crippen LogP contribution in [-0.4, -0.2) is 93.4 Å². The Morgan fingerprint density at radius 1 is 0.872 bits per heavy atom. The van der Waals surface area contributed by atoms with Crippen LogP contribution in [0.5, 0.6) is 0 Å². The molecule has 8 fully saturated rings. The molecule has 10 heteroatoms. The minimum Gasteiger partial charge on any atom is -0.457 e. The average Bonchev–Trinajstić information content (AvgIpc) is 3.62.